The quantitative estimate of drug-likeness (QED) is 0.785. The van der Waals surface area contributed by atoms with E-state index in [0.29, 0.717) is 11.4 Å². The van der Waals surface area contributed by atoms with Crippen LogP contribution in [0.3, 0.4) is 0 Å². The highest BCUT2D eigenvalue weighted by Crippen LogP contribution is 2.17. The SMILES string of the molecule is Cc1ccc(NC(=O)c2nn(-c3ccccc3F)c(C)cc2=O)c(C)c1. The molecule has 0 aliphatic carbocycles. The first-order valence-corrected chi connectivity index (χ1v) is 8.11. The van der Waals surface area contributed by atoms with E-state index in [9.17, 15) is 14.0 Å². The summed E-state index contributed by atoms with van der Waals surface area (Å²) in [6.45, 7) is 5.45. The second-order valence-corrected chi connectivity index (χ2v) is 6.13. The Hall–Kier alpha value is -3.28. The van der Waals surface area contributed by atoms with Crippen LogP contribution >= 0.6 is 0 Å². The van der Waals surface area contributed by atoms with E-state index in [1.165, 1.54) is 22.9 Å². The molecule has 1 N–H and O–H groups in total. The van der Waals surface area contributed by atoms with Gasteiger partial charge in [-0.15, -0.1) is 0 Å². The average molecular weight is 351 g/mol. The summed E-state index contributed by atoms with van der Waals surface area (Å²) >= 11 is 0. The topological polar surface area (TPSA) is 64.0 Å². The van der Waals surface area contributed by atoms with Crippen LogP contribution < -0.4 is 10.7 Å². The van der Waals surface area contributed by atoms with Crippen LogP contribution in [0.25, 0.3) is 5.69 Å². The minimum atomic E-state index is -0.632. The molecular weight excluding hydrogens is 333 g/mol. The highest BCUT2D eigenvalue weighted by atomic mass is 19.1. The summed E-state index contributed by atoms with van der Waals surface area (Å²) in [5.74, 6) is -1.13. The normalized spacial score (nSPS) is 10.6. The van der Waals surface area contributed by atoms with Crippen molar-refractivity contribution in [2.45, 2.75) is 20.8 Å². The zero-order valence-corrected chi connectivity index (χ0v) is 14.7. The van der Waals surface area contributed by atoms with Gasteiger partial charge in [0, 0.05) is 17.4 Å². The Morgan fingerprint density at radius 2 is 1.81 bits per heavy atom. The maximum absolute atomic E-state index is 14.1. The van der Waals surface area contributed by atoms with Gasteiger partial charge < -0.3 is 5.32 Å². The smallest absolute Gasteiger partial charge is 0.280 e. The Labute approximate surface area is 150 Å². The summed E-state index contributed by atoms with van der Waals surface area (Å²) in [5, 5.41) is 6.80. The number of halogens is 1. The molecular formula is C20H18FN3O2. The van der Waals surface area contributed by atoms with Gasteiger partial charge in [0.25, 0.3) is 5.91 Å². The van der Waals surface area contributed by atoms with Crippen molar-refractivity contribution >= 4 is 11.6 Å². The van der Waals surface area contributed by atoms with Crippen LogP contribution in [0.15, 0.2) is 53.3 Å². The van der Waals surface area contributed by atoms with Gasteiger partial charge in [-0.05, 0) is 44.5 Å². The highest BCUT2D eigenvalue weighted by molar-refractivity contribution is 6.03. The Morgan fingerprint density at radius 1 is 1.08 bits per heavy atom. The van der Waals surface area contributed by atoms with Gasteiger partial charge in [0.15, 0.2) is 5.69 Å². The number of para-hydroxylation sites is 1. The summed E-state index contributed by atoms with van der Waals surface area (Å²) in [5.41, 5.74) is 2.33. The lowest BCUT2D eigenvalue weighted by atomic mass is 10.1. The number of nitrogens with zero attached hydrogens (tertiary/aromatic N) is 2. The molecule has 0 radical (unpaired) electrons. The number of aromatic nitrogens is 2. The van der Waals surface area contributed by atoms with Crippen LogP contribution in [0, 0.1) is 26.6 Å². The van der Waals surface area contributed by atoms with Crippen molar-refractivity contribution in [3.05, 3.63) is 87.1 Å². The molecule has 0 atom stereocenters. The third-order valence-corrected chi connectivity index (χ3v) is 4.03. The second kappa shape index (κ2) is 6.92. The first-order valence-electron chi connectivity index (χ1n) is 8.11. The number of carbonyl (C=O) groups excluding carboxylic acids is 1. The zero-order chi connectivity index (χ0) is 18.8. The molecule has 6 heteroatoms. The van der Waals surface area contributed by atoms with Crippen molar-refractivity contribution < 1.29 is 9.18 Å². The van der Waals surface area contributed by atoms with Crippen molar-refractivity contribution in [1.82, 2.24) is 9.78 Å². The predicted molar refractivity (Wildman–Crippen MR) is 98.4 cm³/mol. The van der Waals surface area contributed by atoms with E-state index in [1.54, 1.807) is 25.1 Å². The lowest BCUT2D eigenvalue weighted by Gasteiger charge is -2.13. The molecule has 3 rings (SSSR count). The lowest BCUT2D eigenvalue weighted by Crippen LogP contribution is -2.27. The van der Waals surface area contributed by atoms with Crippen molar-refractivity contribution in [2.24, 2.45) is 0 Å². The van der Waals surface area contributed by atoms with Gasteiger partial charge in [-0.3, -0.25) is 9.59 Å². The molecule has 3 aromatic rings. The Balaban J connectivity index is 2.02. The molecule has 0 bridgehead atoms. The van der Waals surface area contributed by atoms with E-state index in [0.717, 1.165) is 11.1 Å². The van der Waals surface area contributed by atoms with Gasteiger partial charge in [0.2, 0.25) is 5.43 Å². The maximum atomic E-state index is 14.1. The fourth-order valence-corrected chi connectivity index (χ4v) is 2.71. The minimum absolute atomic E-state index is 0.172. The fourth-order valence-electron chi connectivity index (χ4n) is 2.71. The highest BCUT2D eigenvalue weighted by Gasteiger charge is 2.17. The second-order valence-electron chi connectivity index (χ2n) is 6.13. The predicted octanol–water partition coefficient (Wildman–Crippen LogP) is 3.55. The molecule has 0 aliphatic rings. The van der Waals surface area contributed by atoms with Crippen LogP contribution in [0.2, 0.25) is 0 Å². The number of nitrogens with one attached hydrogen (secondary N) is 1. The van der Waals surface area contributed by atoms with E-state index in [2.05, 4.69) is 10.4 Å². The lowest BCUT2D eigenvalue weighted by molar-refractivity contribution is 0.101. The third kappa shape index (κ3) is 3.39. The van der Waals surface area contributed by atoms with Gasteiger partial charge in [0.1, 0.15) is 11.5 Å². The van der Waals surface area contributed by atoms with Crippen molar-refractivity contribution in [1.29, 1.82) is 0 Å². The van der Waals surface area contributed by atoms with Gasteiger partial charge in [0.05, 0.1) is 0 Å². The van der Waals surface area contributed by atoms with Crippen LogP contribution in [0.1, 0.15) is 27.3 Å². The Bertz CT molecular complexity index is 1060. The van der Waals surface area contributed by atoms with E-state index in [-0.39, 0.29) is 11.4 Å². The van der Waals surface area contributed by atoms with Crippen LogP contribution in [-0.4, -0.2) is 15.7 Å². The number of benzene rings is 2. The number of hydrogen-bond donors (Lipinski definition) is 1. The van der Waals surface area contributed by atoms with Gasteiger partial charge in [-0.2, -0.15) is 5.10 Å². The molecule has 0 saturated carbocycles. The minimum Gasteiger partial charge on any atom is -0.320 e. The number of rotatable bonds is 3. The van der Waals surface area contributed by atoms with E-state index in [4.69, 9.17) is 0 Å². The van der Waals surface area contributed by atoms with E-state index < -0.39 is 17.2 Å². The summed E-state index contributed by atoms with van der Waals surface area (Å²) in [6.07, 6.45) is 0. The molecule has 0 spiro atoms. The molecule has 26 heavy (non-hydrogen) atoms. The van der Waals surface area contributed by atoms with Gasteiger partial charge in [-0.1, -0.05) is 29.8 Å². The summed E-state index contributed by atoms with van der Waals surface area (Å²) in [7, 11) is 0. The first-order chi connectivity index (χ1) is 12.4. The molecule has 0 saturated heterocycles. The Morgan fingerprint density at radius 3 is 2.50 bits per heavy atom. The van der Waals surface area contributed by atoms with Gasteiger partial charge in [-0.25, -0.2) is 9.07 Å². The average Bonchev–Trinajstić information content (AvgIpc) is 2.58. The number of hydrogen-bond acceptors (Lipinski definition) is 3. The fraction of sp³-hybridized carbons (Fsp3) is 0.150. The molecule has 1 amide bonds. The maximum Gasteiger partial charge on any atom is 0.280 e. The number of carbonyl (C=O) groups is 1. The molecule has 1 aromatic heterocycles. The van der Waals surface area contributed by atoms with Crippen molar-refractivity contribution in [2.75, 3.05) is 5.32 Å². The van der Waals surface area contributed by atoms with Crippen LogP contribution in [-0.2, 0) is 0 Å². The number of amides is 1. The largest absolute Gasteiger partial charge is 0.320 e. The van der Waals surface area contributed by atoms with Gasteiger partial charge >= 0.3 is 0 Å². The number of aryl methyl sites for hydroxylation is 3. The summed E-state index contributed by atoms with van der Waals surface area (Å²) in [6, 6.07) is 12.9. The van der Waals surface area contributed by atoms with E-state index >= 15 is 0 Å². The van der Waals surface area contributed by atoms with Crippen LogP contribution in [0.4, 0.5) is 10.1 Å². The van der Waals surface area contributed by atoms with E-state index in [1.807, 2.05) is 26.0 Å². The van der Waals surface area contributed by atoms with Crippen molar-refractivity contribution in [3.63, 3.8) is 0 Å². The molecule has 1 heterocycles. The summed E-state index contributed by atoms with van der Waals surface area (Å²) in [4.78, 5) is 24.8. The van der Waals surface area contributed by atoms with Crippen LogP contribution in [0.5, 0.6) is 0 Å². The number of anilines is 1. The molecule has 132 valence electrons. The first kappa shape index (κ1) is 17.5. The Kier molecular flexibility index (Phi) is 4.67. The molecule has 0 unspecified atom stereocenters. The summed E-state index contributed by atoms with van der Waals surface area (Å²) < 4.78 is 15.3. The third-order valence-electron chi connectivity index (χ3n) is 4.03. The molecule has 5 nitrogen and oxygen atoms in total. The standard InChI is InChI=1S/C20H18FN3O2/c1-12-8-9-16(13(2)10-12)22-20(26)19-18(25)11-14(3)24(23-19)17-7-5-4-6-15(17)21/h4-11H,1-3H3,(H,22,26). The molecule has 0 aliphatic heterocycles. The molecule has 2 aromatic carbocycles. The van der Waals surface area contributed by atoms with Crippen molar-refractivity contribution in [3.8, 4) is 5.69 Å². The zero-order valence-electron chi connectivity index (χ0n) is 14.7. The monoisotopic (exact) mass is 351 g/mol. The molecule has 0 fully saturated rings.